The van der Waals surface area contributed by atoms with E-state index in [9.17, 15) is 4.79 Å². The highest BCUT2D eigenvalue weighted by Gasteiger charge is 2.40. The summed E-state index contributed by atoms with van der Waals surface area (Å²) in [6, 6.07) is 36.5. The lowest BCUT2D eigenvalue weighted by molar-refractivity contribution is -0.0247. The van der Waals surface area contributed by atoms with Crippen LogP contribution < -0.4 is 14.2 Å². The SMILES string of the molecule is COc1ccc(CN2[C@@H](c3ccccc3)c3cc4c5c(cccc5c3O[C@@H]2c2ccccc2)C(=O)O4)cc1. The van der Waals surface area contributed by atoms with Gasteiger partial charge in [-0.05, 0) is 35.4 Å². The molecule has 0 N–H and O–H groups in total. The summed E-state index contributed by atoms with van der Waals surface area (Å²) in [4.78, 5) is 15.0. The molecule has 2 aliphatic heterocycles. The molecule has 0 amide bonds. The molecule has 0 aromatic heterocycles. The van der Waals surface area contributed by atoms with Crippen LogP contribution in [0, 0.1) is 0 Å². The van der Waals surface area contributed by atoms with Gasteiger partial charge in [-0.1, -0.05) is 84.9 Å². The van der Waals surface area contributed by atoms with Crippen LogP contribution in [0.2, 0.25) is 0 Å². The van der Waals surface area contributed by atoms with Crippen molar-refractivity contribution in [3.63, 3.8) is 0 Å². The van der Waals surface area contributed by atoms with Gasteiger partial charge in [-0.3, -0.25) is 0 Å². The maximum atomic E-state index is 12.7. The van der Waals surface area contributed by atoms with Gasteiger partial charge in [0.05, 0.1) is 18.7 Å². The number of rotatable bonds is 5. The van der Waals surface area contributed by atoms with Crippen molar-refractivity contribution in [2.45, 2.75) is 18.8 Å². The quantitative estimate of drug-likeness (QED) is 0.191. The first-order chi connectivity index (χ1) is 18.7. The molecule has 0 saturated heterocycles. The lowest BCUT2D eigenvalue weighted by Crippen LogP contribution is -2.40. The summed E-state index contributed by atoms with van der Waals surface area (Å²) < 4.78 is 18.0. The van der Waals surface area contributed by atoms with E-state index in [4.69, 9.17) is 14.2 Å². The third kappa shape index (κ3) is 3.63. The smallest absolute Gasteiger partial charge is 0.344 e. The second-order valence-electron chi connectivity index (χ2n) is 9.63. The summed E-state index contributed by atoms with van der Waals surface area (Å²) in [6.45, 7) is 0.635. The van der Waals surface area contributed by atoms with Crippen LogP contribution in [0.1, 0.15) is 44.9 Å². The molecular formula is C33H25NO4. The fraction of sp³-hybridized carbons (Fsp3) is 0.121. The lowest BCUT2D eigenvalue weighted by atomic mass is 9.90. The van der Waals surface area contributed by atoms with Crippen molar-refractivity contribution in [2.75, 3.05) is 7.11 Å². The Bertz CT molecular complexity index is 1650. The highest BCUT2D eigenvalue weighted by molar-refractivity contribution is 6.14. The summed E-state index contributed by atoms with van der Waals surface area (Å²) in [5, 5.41) is 1.71. The molecule has 186 valence electrons. The number of carbonyl (C=O) groups excluding carboxylic acids is 1. The molecule has 2 heterocycles. The minimum atomic E-state index is -0.355. The Morgan fingerprint density at radius 1 is 0.816 bits per heavy atom. The second kappa shape index (κ2) is 9.05. The van der Waals surface area contributed by atoms with Gasteiger partial charge in [0.1, 0.15) is 17.2 Å². The number of esters is 1. The summed E-state index contributed by atoms with van der Waals surface area (Å²) in [5.74, 6) is 1.88. The van der Waals surface area contributed by atoms with Crippen LogP contribution in [0.15, 0.2) is 109 Å². The van der Waals surface area contributed by atoms with Crippen molar-refractivity contribution in [2.24, 2.45) is 0 Å². The van der Waals surface area contributed by atoms with Crippen LogP contribution in [-0.2, 0) is 6.54 Å². The molecule has 0 bridgehead atoms. The molecule has 0 unspecified atom stereocenters. The largest absolute Gasteiger partial charge is 0.497 e. The van der Waals surface area contributed by atoms with Crippen LogP contribution in [0.25, 0.3) is 10.8 Å². The average molecular weight is 500 g/mol. The van der Waals surface area contributed by atoms with Crippen molar-refractivity contribution in [3.05, 3.63) is 137 Å². The molecule has 5 nitrogen and oxygen atoms in total. The molecular weight excluding hydrogens is 474 g/mol. The van der Waals surface area contributed by atoms with E-state index in [1.54, 1.807) is 7.11 Å². The Hall–Kier alpha value is -4.61. The minimum absolute atomic E-state index is 0.143. The Morgan fingerprint density at radius 2 is 1.53 bits per heavy atom. The number of benzene rings is 5. The van der Waals surface area contributed by atoms with E-state index >= 15 is 0 Å². The molecule has 5 heteroatoms. The van der Waals surface area contributed by atoms with E-state index in [0.29, 0.717) is 17.9 Å². The molecule has 5 aromatic carbocycles. The van der Waals surface area contributed by atoms with E-state index in [0.717, 1.165) is 44.5 Å². The van der Waals surface area contributed by atoms with Crippen LogP contribution in [0.5, 0.6) is 17.2 Å². The van der Waals surface area contributed by atoms with Crippen LogP contribution in [-0.4, -0.2) is 18.0 Å². The maximum absolute atomic E-state index is 12.7. The fourth-order valence-corrected chi connectivity index (χ4v) is 5.67. The molecule has 7 rings (SSSR count). The van der Waals surface area contributed by atoms with Crippen molar-refractivity contribution in [3.8, 4) is 17.2 Å². The number of ether oxygens (including phenoxy) is 3. The van der Waals surface area contributed by atoms with E-state index in [1.807, 2.05) is 60.7 Å². The minimum Gasteiger partial charge on any atom is -0.497 e. The number of methoxy groups -OCH3 is 1. The van der Waals surface area contributed by atoms with Gasteiger partial charge in [0.25, 0.3) is 0 Å². The number of fused-ring (bicyclic) bond motifs is 2. The molecule has 0 fully saturated rings. The topological polar surface area (TPSA) is 48.0 Å². The Balaban J connectivity index is 1.47. The van der Waals surface area contributed by atoms with Gasteiger partial charge >= 0.3 is 5.97 Å². The molecule has 2 atom stereocenters. The van der Waals surface area contributed by atoms with Gasteiger partial charge in [0.15, 0.2) is 6.23 Å². The number of hydrogen-bond donors (Lipinski definition) is 0. The van der Waals surface area contributed by atoms with Crippen LogP contribution in [0.4, 0.5) is 0 Å². The average Bonchev–Trinajstić information content (AvgIpc) is 3.30. The van der Waals surface area contributed by atoms with Crippen molar-refractivity contribution in [1.82, 2.24) is 4.90 Å². The fourth-order valence-electron chi connectivity index (χ4n) is 5.67. The molecule has 0 aliphatic carbocycles. The van der Waals surface area contributed by atoms with Crippen LogP contribution in [0.3, 0.4) is 0 Å². The van der Waals surface area contributed by atoms with Gasteiger partial charge in [-0.2, -0.15) is 0 Å². The molecule has 2 aliphatic rings. The highest BCUT2D eigenvalue weighted by atomic mass is 16.5. The normalized spacial score (nSPS) is 18.1. The molecule has 5 aromatic rings. The molecule has 0 spiro atoms. The Kier molecular flexibility index (Phi) is 5.38. The lowest BCUT2D eigenvalue weighted by Gasteiger charge is -2.44. The first-order valence-electron chi connectivity index (χ1n) is 12.7. The first kappa shape index (κ1) is 22.6. The molecule has 0 saturated carbocycles. The first-order valence-corrected chi connectivity index (χ1v) is 12.7. The summed E-state index contributed by atoms with van der Waals surface area (Å²) in [5.41, 5.74) is 4.89. The number of nitrogens with zero attached hydrogens (tertiary/aromatic N) is 1. The van der Waals surface area contributed by atoms with E-state index in [-0.39, 0.29) is 18.2 Å². The Morgan fingerprint density at radius 3 is 2.24 bits per heavy atom. The van der Waals surface area contributed by atoms with Gasteiger partial charge in [0, 0.05) is 28.4 Å². The molecule has 0 radical (unpaired) electrons. The predicted molar refractivity (Wildman–Crippen MR) is 146 cm³/mol. The number of carbonyl (C=O) groups is 1. The van der Waals surface area contributed by atoms with Crippen molar-refractivity contribution >= 4 is 16.7 Å². The summed E-state index contributed by atoms with van der Waals surface area (Å²) in [7, 11) is 1.67. The zero-order valence-corrected chi connectivity index (χ0v) is 20.8. The Labute approximate surface area is 220 Å². The van der Waals surface area contributed by atoms with E-state index in [1.165, 1.54) is 0 Å². The predicted octanol–water partition coefficient (Wildman–Crippen LogP) is 7.06. The summed E-state index contributed by atoms with van der Waals surface area (Å²) in [6.07, 6.45) is -0.355. The van der Waals surface area contributed by atoms with Crippen LogP contribution >= 0.6 is 0 Å². The van der Waals surface area contributed by atoms with Gasteiger partial charge in [-0.15, -0.1) is 0 Å². The van der Waals surface area contributed by atoms with E-state index < -0.39 is 0 Å². The third-order valence-electron chi connectivity index (χ3n) is 7.41. The monoisotopic (exact) mass is 499 g/mol. The highest BCUT2D eigenvalue weighted by Crippen LogP contribution is 2.52. The van der Waals surface area contributed by atoms with Gasteiger partial charge in [0.2, 0.25) is 0 Å². The van der Waals surface area contributed by atoms with Crippen molar-refractivity contribution in [1.29, 1.82) is 0 Å². The van der Waals surface area contributed by atoms with E-state index in [2.05, 4.69) is 53.4 Å². The summed E-state index contributed by atoms with van der Waals surface area (Å²) >= 11 is 0. The van der Waals surface area contributed by atoms with Crippen molar-refractivity contribution < 1.29 is 19.0 Å². The zero-order valence-electron chi connectivity index (χ0n) is 20.8. The zero-order chi connectivity index (χ0) is 25.6. The van der Waals surface area contributed by atoms with Gasteiger partial charge in [-0.25, -0.2) is 9.69 Å². The van der Waals surface area contributed by atoms with Gasteiger partial charge < -0.3 is 14.2 Å². The standard InChI is InChI=1S/C33H25NO4/c1-36-24-17-15-21(16-18-24)20-34-30(22-9-4-2-5-10-22)27-19-28-29-25(13-8-14-26(29)33(35)37-28)31(27)38-32(34)23-11-6-3-7-12-23/h2-19,30,32H,20H2,1H3/t30-,32+/m0/s1. The maximum Gasteiger partial charge on any atom is 0.344 e. The molecule has 38 heavy (non-hydrogen) atoms. The second-order valence-corrected chi connectivity index (χ2v) is 9.63. The third-order valence-corrected chi connectivity index (χ3v) is 7.41. The number of hydrogen-bond acceptors (Lipinski definition) is 5.